The Morgan fingerprint density at radius 1 is 1.16 bits per heavy atom. The van der Waals surface area contributed by atoms with E-state index >= 15 is 0 Å². The van der Waals surface area contributed by atoms with Crippen LogP contribution in [0.5, 0.6) is 5.88 Å². The summed E-state index contributed by atoms with van der Waals surface area (Å²) in [6.07, 6.45) is 0.426. The van der Waals surface area contributed by atoms with Gasteiger partial charge in [-0.2, -0.15) is 0 Å². The van der Waals surface area contributed by atoms with Gasteiger partial charge in [-0.15, -0.1) is 0 Å². The molecule has 1 aliphatic heterocycles. The lowest BCUT2D eigenvalue weighted by Gasteiger charge is -2.16. The van der Waals surface area contributed by atoms with Crippen LogP contribution in [0.3, 0.4) is 0 Å². The van der Waals surface area contributed by atoms with E-state index in [1.54, 1.807) is 24.4 Å². The van der Waals surface area contributed by atoms with E-state index in [1.165, 1.54) is 17.2 Å². The van der Waals surface area contributed by atoms with Gasteiger partial charge in [-0.05, 0) is 6.07 Å². The van der Waals surface area contributed by atoms with E-state index in [9.17, 15) is 10.2 Å². The van der Waals surface area contributed by atoms with Crippen LogP contribution in [0, 0.1) is 0 Å². The third kappa shape index (κ3) is 2.76. The Labute approximate surface area is 141 Å². The zero-order valence-electron chi connectivity index (χ0n) is 13.0. The van der Waals surface area contributed by atoms with E-state index in [0.717, 1.165) is 0 Å². The zero-order valence-corrected chi connectivity index (χ0v) is 13.0. The summed E-state index contributed by atoms with van der Waals surface area (Å²) in [6.45, 7) is 0.0372. The van der Waals surface area contributed by atoms with Crippen molar-refractivity contribution in [3.8, 4) is 5.88 Å². The molecule has 4 rings (SSSR count). The van der Waals surface area contributed by atoms with Crippen LogP contribution in [0.4, 0.5) is 5.82 Å². The van der Waals surface area contributed by atoms with Crippen LogP contribution >= 0.6 is 0 Å². The normalized spacial score (nSPS) is 26.2. The molecule has 3 aromatic heterocycles. The van der Waals surface area contributed by atoms with Gasteiger partial charge in [-0.25, -0.2) is 19.9 Å². The minimum atomic E-state index is -1.18. The van der Waals surface area contributed by atoms with Crippen molar-refractivity contribution in [1.82, 2.24) is 24.5 Å². The molecule has 4 heterocycles. The molecule has 0 aliphatic carbocycles. The molecular formula is C15H16N6O4. The number of fused-ring (bicyclic) bond motifs is 1. The van der Waals surface area contributed by atoms with E-state index in [0.29, 0.717) is 17.0 Å². The second-order valence-corrected chi connectivity index (χ2v) is 5.61. The van der Waals surface area contributed by atoms with Crippen molar-refractivity contribution in [2.75, 3.05) is 12.3 Å². The maximum Gasteiger partial charge on any atom is 0.213 e. The van der Waals surface area contributed by atoms with Crippen molar-refractivity contribution in [2.24, 2.45) is 0 Å². The Morgan fingerprint density at radius 2 is 2.04 bits per heavy atom. The van der Waals surface area contributed by atoms with Gasteiger partial charge in [0.15, 0.2) is 17.7 Å². The van der Waals surface area contributed by atoms with E-state index in [-0.39, 0.29) is 12.4 Å². The average molecular weight is 344 g/mol. The number of ether oxygens (including phenoxy) is 2. The lowest BCUT2D eigenvalue weighted by molar-refractivity contribution is -0.0479. The summed E-state index contributed by atoms with van der Waals surface area (Å²) < 4.78 is 12.8. The lowest BCUT2D eigenvalue weighted by Crippen LogP contribution is -2.34. The molecule has 0 bridgehead atoms. The molecule has 4 atom stereocenters. The maximum atomic E-state index is 10.4. The average Bonchev–Trinajstić information content (AvgIpc) is 3.18. The molecule has 130 valence electrons. The molecule has 0 radical (unpaired) electrons. The first-order valence-electron chi connectivity index (χ1n) is 7.63. The fraction of sp³-hybridized carbons (Fsp3) is 0.333. The number of nitrogens with two attached hydrogens (primary N) is 1. The highest BCUT2D eigenvalue weighted by Gasteiger charge is 2.44. The quantitative estimate of drug-likeness (QED) is 0.571. The van der Waals surface area contributed by atoms with Crippen molar-refractivity contribution in [2.45, 2.75) is 24.5 Å². The Kier molecular flexibility index (Phi) is 3.92. The van der Waals surface area contributed by atoms with Gasteiger partial charge in [-0.1, -0.05) is 6.07 Å². The Hall–Kier alpha value is -2.82. The number of nitrogens with zero attached hydrogens (tertiary/aromatic N) is 5. The van der Waals surface area contributed by atoms with Crippen LogP contribution < -0.4 is 10.5 Å². The van der Waals surface area contributed by atoms with Gasteiger partial charge in [0.1, 0.15) is 36.8 Å². The number of imidazole rings is 1. The fourth-order valence-corrected chi connectivity index (χ4v) is 2.75. The molecule has 0 spiro atoms. The molecule has 0 saturated carbocycles. The number of aliphatic hydroxyl groups excluding tert-OH is 2. The summed E-state index contributed by atoms with van der Waals surface area (Å²) in [5.41, 5.74) is 6.58. The number of aromatic nitrogens is 5. The van der Waals surface area contributed by atoms with Crippen LogP contribution in [-0.2, 0) is 4.74 Å². The van der Waals surface area contributed by atoms with Gasteiger partial charge >= 0.3 is 0 Å². The largest absolute Gasteiger partial charge is 0.475 e. The SMILES string of the molecule is Nc1ncnc2c1ncn2[C@@H]1O[C@H](COc2ccccn2)[C@@H](O)[C@H]1O. The highest BCUT2D eigenvalue weighted by molar-refractivity contribution is 5.81. The number of hydrogen-bond donors (Lipinski definition) is 3. The molecule has 25 heavy (non-hydrogen) atoms. The summed E-state index contributed by atoms with van der Waals surface area (Å²) in [6, 6.07) is 5.25. The van der Waals surface area contributed by atoms with Crippen molar-refractivity contribution >= 4 is 17.0 Å². The van der Waals surface area contributed by atoms with E-state index in [2.05, 4.69) is 19.9 Å². The number of rotatable bonds is 4. The summed E-state index contributed by atoms with van der Waals surface area (Å²) in [5.74, 6) is 0.636. The lowest BCUT2D eigenvalue weighted by atomic mass is 10.1. The van der Waals surface area contributed by atoms with Crippen LogP contribution in [0.1, 0.15) is 6.23 Å². The molecule has 4 N–H and O–H groups in total. The summed E-state index contributed by atoms with van der Waals surface area (Å²) >= 11 is 0. The van der Waals surface area contributed by atoms with Crippen molar-refractivity contribution in [1.29, 1.82) is 0 Å². The summed E-state index contributed by atoms with van der Waals surface area (Å²) in [7, 11) is 0. The van der Waals surface area contributed by atoms with Crippen LogP contribution in [-0.4, -0.2) is 59.6 Å². The van der Waals surface area contributed by atoms with Crippen molar-refractivity contribution < 1.29 is 19.7 Å². The first-order chi connectivity index (χ1) is 12.1. The van der Waals surface area contributed by atoms with Gasteiger partial charge in [0.2, 0.25) is 5.88 Å². The van der Waals surface area contributed by atoms with Crippen molar-refractivity contribution in [3.63, 3.8) is 0 Å². The topological polar surface area (TPSA) is 141 Å². The maximum absolute atomic E-state index is 10.4. The van der Waals surface area contributed by atoms with Crippen LogP contribution in [0.15, 0.2) is 37.1 Å². The van der Waals surface area contributed by atoms with Crippen LogP contribution in [0.2, 0.25) is 0 Å². The number of hydrogen-bond acceptors (Lipinski definition) is 9. The van der Waals surface area contributed by atoms with Gasteiger partial charge in [-0.3, -0.25) is 4.57 Å². The first-order valence-corrected chi connectivity index (χ1v) is 7.63. The smallest absolute Gasteiger partial charge is 0.213 e. The summed E-state index contributed by atoms with van der Waals surface area (Å²) in [4.78, 5) is 16.2. The second-order valence-electron chi connectivity index (χ2n) is 5.61. The molecular weight excluding hydrogens is 328 g/mol. The molecule has 10 heteroatoms. The van der Waals surface area contributed by atoms with Gasteiger partial charge in [0.05, 0.1) is 6.33 Å². The molecule has 0 unspecified atom stereocenters. The Morgan fingerprint density at radius 3 is 2.84 bits per heavy atom. The number of anilines is 1. The van der Waals surface area contributed by atoms with Gasteiger partial charge < -0.3 is 25.4 Å². The molecule has 1 aliphatic rings. The predicted molar refractivity (Wildman–Crippen MR) is 85.4 cm³/mol. The number of nitrogen functional groups attached to an aromatic ring is 1. The van der Waals surface area contributed by atoms with Gasteiger partial charge in [0.25, 0.3) is 0 Å². The highest BCUT2D eigenvalue weighted by Crippen LogP contribution is 2.32. The molecule has 1 fully saturated rings. The van der Waals surface area contributed by atoms with E-state index in [4.69, 9.17) is 15.2 Å². The first kappa shape index (κ1) is 15.7. The highest BCUT2D eigenvalue weighted by atomic mass is 16.6. The van der Waals surface area contributed by atoms with Gasteiger partial charge in [0, 0.05) is 12.3 Å². The molecule has 10 nitrogen and oxygen atoms in total. The second kappa shape index (κ2) is 6.24. The Balaban J connectivity index is 1.54. The standard InChI is InChI=1S/C15H16N6O4/c16-13-10-14(19-6-18-13)21(7-20-10)15-12(23)11(22)8(25-15)5-24-9-3-1-2-4-17-9/h1-4,6-8,11-12,15,22-23H,5H2,(H2,16,18,19)/t8-,11-,12-,15-/m1/s1. The molecule has 0 amide bonds. The van der Waals surface area contributed by atoms with E-state index < -0.39 is 24.5 Å². The summed E-state index contributed by atoms with van der Waals surface area (Å²) in [5, 5.41) is 20.6. The molecule has 3 aromatic rings. The minimum absolute atomic E-state index is 0.0372. The van der Waals surface area contributed by atoms with Crippen LogP contribution in [0.25, 0.3) is 11.2 Å². The third-order valence-corrected chi connectivity index (χ3v) is 4.03. The van der Waals surface area contributed by atoms with Crippen molar-refractivity contribution in [3.05, 3.63) is 37.1 Å². The molecule has 1 saturated heterocycles. The predicted octanol–water partition coefficient (Wildman–Crippen LogP) is -0.498. The number of pyridine rings is 1. The number of aliphatic hydroxyl groups is 2. The minimum Gasteiger partial charge on any atom is -0.475 e. The third-order valence-electron chi connectivity index (χ3n) is 4.03. The van der Waals surface area contributed by atoms with E-state index in [1.807, 2.05) is 0 Å². The monoisotopic (exact) mass is 344 g/mol. The zero-order chi connectivity index (χ0) is 17.4. The molecule has 0 aromatic carbocycles. The fourth-order valence-electron chi connectivity index (χ4n) is 2.75. The Bertz CT molecular complexity index is 873.